The molecule has 2 fully saturated rings. The van der Waals surface area contributed by atoms with E-state index in [2.05, 4.69) is 10.3 Å². The number of pyridine rings is 1. The largest absolute Gasteiger partial charge is 0.324 e. The molecular weight excluding hydrogens is 248 g/mol. The van der Waals surface area contributed by atoms with Gasteiger partial charge in [-0.2, -0.15) is 0 Å². The molecule has 2 saturated carbocycles. The second-order valence-electron chi connectivity index (χ2n) is 5.39. The summed E-state index contributed by atoms with van der Waals surface area (Å²) in [6, 6.07) is 3.54. The number of anilines is 1. The summed E-state index contributed by atoms with van der Waals surface area (Å²) in [6.07, 6.45) is 5.01. The van der Waals surface area contributed by atoms with Crippen LogP contribution in [0.4, 0.5) is 5.69 Å². The maximum atomic E-state index is 12.2. The van der Waals surface area contributed by atoms with Gasteiger partial charge in [0.15, 0.2) is 0 Å². The Morgan fingerprint density at radius 3 is 2.61 bits per heavy atom. The average Bonchev–Trinajstić information content (AvgIpc) is 3.07. The molecule has 18 heavy (non-hydrogen) atoms. The van der Waals surface area contributed by atoms with Gasteiger partial charge in [0.05, 0.1) is 11.4 Å². The van der Waals surface area contributed by atoms with E-state index >= 15 is 0 Å². The monoisotopic (exact) mass is 264 g/mol. The summed E-state index contributed by atoms with van der Waals surface area (Å²) in [5, 5.41) is 3.46. The van der Waals surface area contributed by atoms with Crippen molar-refractivity contribution in [3.8, 4) is 0 Å². The van der Waals surface area contributed by atoms with E-state index in [1.54, 1.807) is 6.07 Å². The summed E-state index contributed by atoms with van der Waals surface area (Å²) in [7, 11) is 0. The lowest BCUT2D eigenvalue weighted by Gasteiger charge is -2.07. The molecular formula is C14H17ClN2O. The fourth-order valence-corrected chi connectivity index (χ4v) is 3.45. The zero-order valence-corrected chi connectivity index (χ0v) is 11.2. The van der Waals surface area contributed by atoms with Crippen molar-refractivity contribution in [2.45, 2.75) is 32.6 Å². The van der Waals surface area contributed by atoms with Crippen LogP contribution in [0.1, 0.15) is 31.4 Å². The van der Waals surface area contributed by atoms with Crippen LogP contribution < -0.4 is 5.32 Å². The van der Waals surface area contributed by atoms with E-state index < -0.39 is 0 Å². The molecule has 2 aliphatic rings. The molecule has 3 nitrogen and oxygen atoms in total. The number of nitrogens with zero attached hydrogens (tertiary/aromatic N) is 1. The van der Waals surface area contributed by atoms with Crippen molar-refractivity contribution in [2.75, 3.05) is 5.32 Å². The molecule has 0 aliphatic heterocycles. The molecule has 1 heterocycles. The molecule has 96 valence electrons. The lowest BCUT2D eigenvalue weighted by molar-refractivity contribution is -0.117. The molecule has 2 unspecified atom stereocenters. The van der Waals surface area contributed by atoms with Gasteiger partial charge in [0.2, 0.25) is 5.91 Å². The lowest BCUT2D eigenvalue weighted by atomic mass is 10.0. The van der Waals surface area contributed by atoms with Crippen molar-refractivity contribution in [3.63, 3.8) is 0 Å². The van der Waals surface area contributed by atoms with Gasteiger partial charge in [-0.05, 0) is 43.7 Å². The fourth-order valence-electron chi connectivity index (χ4n) is 3.26. The van der Waals surface area contributed by atoms with E-state index in [4.69, 9.17) is 11.6 Å². The second kappa shape index (κ2) is 4.54. The number of aryl methyl sites for hydroxylation is 1. The highest BCUT2D eigenvalue weighted by Gasteiger charge is 2.54. The Hall–Kier alpha value is -1.09. The highest BCUT2D eigenvalue weighted by atomic mass is 35.5. The van der Waals surface area contributed by atoms with Crippen LogP contribution in [0, 0.1) is 24.7 Å². The van der Waals surface area contributed by atoms with Gasteiger partial charge in [0, 0.05) is 5.92 Å². The summed E-state index contributed by atoms with van der Waals surface area (Å²) < 4.78 is 0. The van der Waals surface area contributed by atoms with E-state index in [0.717, 1.165) is 11.4 Å². The molecule has 1 aromatic heterocycles. The minimum absolute atomic E-state index is 0.166. The average molecular weight is 265 g/mol. The zero-order chi connectivity index (χ0) is 12.7. The van der Waals surface area contributed by atoms with Gasteiger partial charge in [-0.3, -0.25) is 4.79 Å². The van der Waals surface area contributed by atoms with Crippen LogP contribution in [0.2, 0.25) is 5.15 Å². The minimum atomic E-state index is 0.166. The number of fused-ring (bicyclic) bond motifs is 1. The Balaban J connectivity index is 1.68. The third-order valence-corrected chi connectivity index (χ3v) is 4.48. The number of hydrogen-bond acceptors (Lipinski definition) is 2. The standard InChI is InChI=1S/C14H17ClN2O/c1-8-11(6-7-12(15)16-8)17-14(18)13-9-4-2-3-5-10(9)13/h6-7,9-10,13H,2-5H2,1H3,(H,17,18). The highest BCUT2D eigenvalue weighted by Crippen LogP contribution is 2.55. The van der Waals surface area contributed by atoms with Crippen molar-refractivity contribution in [1.29, 1.82) is 0 Å². The molecule has 3 rings (SSSR count). The van der Waals surface area contributed by atoms with Gasteiger partial charge in [-0.15, -0.1) is 0 Å². The highest BCUT2D eigenvalue weighted by molar-refractivity contribution is 6.29. The number of carbonyl (C=O) groups excluding carboxylic acids is 1. The maximum Gasteiger partial charge on any atom is 0.228 e. The molecule has 1 N–H and O–H groups in total. The summed E-state index contributed by atoms with van der Waals surface area (Å²) >= 11 is 5.80. The SMILES string of the molecule is Cc1nc(Cl)ccc1NC(=O)C1C2CCCCC21. The van der Waals surface area contributed by atoms with Gasteiger partial charge in [-0.1, -0.05) is 24.4 Å². The van der Waals surface area contributed by atoms with Crippen LogP contribution in [-0.2, 0) is 4.79 Å². The second-order valence-corrected chi connectivity index (χ2v) is 5.78. The molecule has 0 bridgehead atoms. The summed E-state index contributed by atoms with van der Waals surface area (Å²) in [5.41, 5.74) is 1.56. The molecule has 2 aliphatic carbocycles. The number of halogens is 1. The zero-order valence-electron chi connectivity index (χ0n) is 10.4. The third kappa shape index (κ3) is 2.12. The third-order valence-electron chi connectivity index (χ3n) is 4.27. The maximum absolute atomic E-state index is 12.2. The first-order chi connectivity index (χ1) is 8.66. The van der Waals surface area contributed by atoms with Crippen molar-refractivity contribution in [1.82, 2.24) is 4.98 Å². The lowest BCUT2D eigenvalue weighted by Crippen LogP contribution is -2.16. The number of aromatic nitrogens is 1. The number of rotatable bonds is 2. The van der Waals surface area contributed by atoms with Gasteiger partial charge in [0.25, 0.3) is 0 Å². The van der Waals surface area contributed by atoms with Crippen LogP contribution >= 0.6 is 11.6 Å². The molecule has 0 radical (unpaired) electrons. The van der Waals surface area contributed by atoms with Gasteiger partial charge >= 0.3 is 0 Å². The van der Waals surface area contributed by atoms with Crippen molar-refractivity contribution >= 4 is 23.2 Å². The molecule has 4 heteroatoms. The summed E-state index contributed by atoms with van der Waals surface area (Å²) in [5.74, 6) is 1.68. The van der Waals surface area contributed by atoms with Gasteiger partial charge in [-0.25, -0.2) is 4.98 Å². The first-order valence-corrected chi connectivity index (χ1v) is 6.98. The number of carbonyl (C=O) groups is 1. The molecule has 0 spiro atoms. The first-order valence-electron chi connectivity index (χ1n) is 6.61. The first kappa shape index (κ1) is 12.0. The molecule has 0 saturated heterocycles. The number of hydrogen-bond donors (Lipinski definition) is 1. The predicted molar refractivity (Wildman–Crippen MR) is 71.6 cm³/mol. The smallest absolute Gasteiger partial charge is 0.228 e. The molecule has 2 atom stereocenters. The normalized spacial score (nSPS) is 29.6. The summed E-state index contributed by atoms with van der Waals surface area (Å²) in [4.78, 5) is 16.4. The molecule has 1 aromatic rings. The van der Waals surface area contributed by atoms with Crippen molar-refractivity contribution in [3.05, 3.63) is 23.0 Å². The van der Waals surface area contributed by atoms with Crippen LogP contribution in [0.3, 0.4) is 0 Å². The van der Waals surface area contributed by atoms with Crippen LogP contribution in [0.5, 0.6) is 0 Å². The van der Waals surface area contributed by atoms with Crippen molar-refractivity contribution < 1.29 is 4.79 Å². The fraction of sp³-hybridized carbons (Fsp3) is 0.571. The Morgan fingerprint density at radius 2 is 2.00 bits per heavy atom. The Bertz CT molecular complexity index is 477. The van der Waals surface area contributed by atoms with E-state index in [1.807, 2.05) is 13.0 Å². The quantitative estimate of drug-likeness (QED) is 0.832. The Kier molecular flexibility index (Phi) is 3.02. The minimum Gasteiger partial charge on any atom is -0.324 e. The Labute approximate surface area is 112 Å². The topological polar surface area (TPSA) is 42.0 Å². The van der Waals surface area contributed by atoms with Crippen LogP contribution in [0.25, 0.3) is 0 Å². The van der Waals surface area contributed by atoms with Crippen LogP contribution in [-0.4, -0.2) is 10.9 Å². The van der Waals surface area contributed by atoms with E-state index in [9.17, 15) is 4.79 Å². The predicted octanol–water partition coefficient (Wildman–Crippen LogP) is 3.42. The van der Waals surface area contributed by atoms with Gasteiger partial charge in [0.1, 0.15) is 5.15 Å². The molecule has 0 aromatic carbocycles. The van der Waals surface area contributed by atoms with E-state index in [1.165, 1.54) is 25.7 Å². The van der Waals surface area contributed by atoms with E-state index in [0.29, 0.717) is 17.0 Å². The van der Waals surface area contributed by atoms with E-state index in [-0.39, 0.29) is 11.8 Å². The molecule has 1 amide bonds. The summed E-state index contributed by atoms with van der Waals surface area (Å²) in [6.45, 7) is 1.86. The van der Waals surface area contributed by atoms with Gasteiger partial charge < -0.3 is 5.32 Å². The van der Waals surface area contributed by atoms with Crippen molar-refractivity contribution in [2.24, 2.45) is 17.8 Å². The number of amides is 1. The van der Waals surface area contributed by atoms with Crippen LogP contribution in [0.15, 0.2) is 12.1 Å². The number of nitrogens with one attached hydrogen (secondary N) is 1. The Morgan fingerprint density at radius 1 is 1.33 bits per heavy atom.